The van der Waals surface area contributed by atoms with Gasteiger partial charge in [0.05, 0.1) is 5.56 Å². The Kier molecular flexibility index (Phi) is 2.77. The fraction of sp³-hybridized carbons (Fsp3) is 0.154. The van der Waals surface area contributed by atoms with E-state index in [0.717, 1.165) is 12.1 Å². The number of aryl methyl sites for hydroxylation is 1. The minimum absolute atomic E-state index is 0.399. The Labute approximate surface area is 94.5 Å². The highest BCUT2D eigenvalue weighted by Crippen LogP contribution is 2.12. The van der Waals surface area contributed by atoms with Gasteiger partial charge in [-0.3, -0.25) is 4.79 Å². The highest BCUT2D eigenvalue weighted by molar-refractivity contribution is 5.92. The lowest BCUT2D eigenvalue weighted by molar-refractivity contribution is 0.100. The van der Waals surface area contributed by atoms with Crippen LogP contribution in [-0.2, 0) is 6.42 Å². The molecule has 2 aromatic rings. The van der Waals surface area contributed by atoms with E-state index in [4.69, 9.17) is 5.73 Å². The smallest absolute Gasteiger partial charge is 0.250 e. The standard InChI is InChI=1S/C13H14N2O/c1-2-10-3-5-12(6-4-10)15-8-7-11(9-15)13(14)16/h3-9H,2H2,1H3,(H2,14,16). The monoisotopic (exact) mass is 214 g/mol. The van der Waals surface area contributed by atoms with Crippen molar-refractivity contribution in [2.24, 2.45) is 5.73 Å². The number of nitrogens with zero attached hydrogens (tertiary/aromatic N) is 1. The normalized spacial score (nSPS) is 10.3. The van der Waals surface area contributed by atoms with Crippen molar-refractivity contribution in [3.05, 3.63) is 53.9 Å². The summed E-state index contributed by atoms with van der Waals surface area (Å²) in [6, 6.07) is 9.95. The molecule has 3 nitrogen and oxygen atoms in total. The van der Waals surface area contributed by atoms with Gasteiger partial charge in [0.2, 0.25) is 5.91 Å². The fourth-order valence-electron chi connectivity index (χ4n) is 1.61. The van der Waals surface area contributed by atoms with Crippen molar-refractivity contribution in [1.82, 2.24) is 4.57 Å². The lowest BCUT2D eigenvalue weighted by atomic mass is 10.1. The molecule has 0 aliphatic carbocycles. The van der Waals surface area contributed by atoms with Crippen molar-refractivity contribution < 1.29 is 4.79 Å². The number of aromatic nitrogens is 1. The van der Waals surface area contributed by atoms with Gasteiger partial charge >= 0.3 is 0 Å². The molecular formula is C13H14N2O. The second-order valence-corrected chi connectivity index (χ2v) is 3.69. The van der Waals surface area contributed by atoms with Crippen molar-refractivity contribution in [2.45, 2.75) is 13.3 Å². The molecule has 0 aliphatic rings. The Hall–Kier alpha value is -2.03. The summed E-state index contributed by atoms with van der Waals surface area (Å²) in [5.41, 5.74) is 8.06. The van der Waals surface area contributed by atoms with Gasteiger partial charge in [0.1, 0.15) is 0 Å². The lowest BCUT2D eigenvalue weighted by Gasteiger charge is -2.03. The number of carbonyl (C=O) groups excluding carboxylic acids is 1. The van der Waals surface area contributed by atoms with Crippen LogP contribution in [0.2, 0.25) is 0 Å². The molecule has 0 radical (unpaired) electrons. The summed E-state index contributed by atoms with van der Waals surface area (Å²) in [6.07, 6.45) is 4.60. The largest absolute Gasteiger partial charge is 0.366 e. The summed E-state index contributed by atoms with van der Waals surface area (Å²) in [7, 11) is 0. The Morgan fingerprint density at radius 1 is 1.25 bits per heavy atom. The molecule has 1 aromatic carbocycles. The quantitative estimate of drug-likeness (QED) is 0.836. The summed E-state index contributed by atoms with van der Waals surface area (Å²) in [5, 5.41) is 0. The topological polar surface area (TPSA) is 48.0 Å². The molecule has 16 heavy (non-hydrogen) atoms. The van der Waals surface area contributed by atoms with Gasteiger partial charge < -0.3 is 10.3 Å². The Bertz CT molecular complexity index is 497. The van der Waals surface area contributed by atoms with Gasteiger partial charge in [-0.25, -0.2) is 0 Å². The van der Waals surface area contributed by atoms with Crippen molar-refractivity contribution in [3.63, 3.8) is 0 Å². The molecule has 0 saturated heterocycles. The zero-order chi connectivity index (χ0) is 11.5. The van der Waals surface area contributed by atoms with Crippen molar-refractivity contribution in [2.75, 3.05) is 0 Å². The van der Waals surface area contributed by atoms with E-state index in [1.54, 1.807) is 12.3 Å². The summed E-state index contributed by atoms with van der Waals surface area (Å²) in [4.78, 5) is 11.0. The van der Waals surface area contributed by atoms with Gasteiger partial charge in [0.25, 0.3) is 0 Å². The molecule has 2 rings (SSSR count). The van der Waals surface area contributed by atoms with Crippen molar-refractivity contribution in [3.8, 4) is 5.69 Å². The van der Waals surface area contributed by atoms with Crippen LogP contribution in [0.5, 0.6) is 0 Å². The summed E-state index contributed by atoms with van der Waals surface area (Å²) < 4.78 is 1.89. The predicted octanol–water partition coefficient (Wildman–Crippen LogP) is 2.14. The number of hydrogen-bond donors (Lipinski definition) is 1. The van der Waals surface area contributed by atoms with E-state index in [-0.39, 0.29) is 0 Å². The average Bonchev–Trinajstić information content (AvgIpc) is 2.78. The van der Waals surface area contributed by atoms with Crippen LogP contribution >= 0.6 is 0 Å². The molecule has 0 bridgehead atoms. The zero-order valence-electron chi connectivity index (χ0n) is 9.18. The third-order valence-corrected chi connectivity index (χ3v) is 2.62. The van der Waals surface area contributed by atoms with E-state index in [0.29, 0.717) is 5.56 Å². The lowest BCUT2D eigenvalue weighted by Crippen LogP contribution is -2.09. The molecular weight excluding hydrogens is 200 g/mol. The maximum atomic E-state index is 11.0. The SMILES string of the molecule is CCc1ccc(-n2ccc(C(N)=O)c2)cc1. The number of rotatable bonds is 3. The molecule has 0 saturated carbocycles. The first-order valence-corrected chi connectivity index (χ1v) is 5.28. The number of primary amides is 1. The van der Waals surface area contributed by atoms with Crippen LogP contribution in [0, 0.1) is 0 Å². The van der Waals surface area contributed by atoms with Crippen LogP contribution in [0.15, 0.2) is 42.7 Å². The fourth-order valence-corrected chi connectivity index (χ4v) is 1.61. The first-order chi connectivity index (χ1) is 7.70. The van der Waals surface area contributed by atoms with Gasteiger partial charge in [-0.05, 0) is 30.2 Å². The van der Waals surface area contributed by atoms with Gasteiger partial charge in [0, 0.05) is 18.1 Å². The molecule has 0 atom stereocenters. The molecule has 82 valence electrons. The van der Waals surface area contributed by atoms with Gasteiger partial charge in [0.15, 0.2) is 0 Å². The Balaban J connectivity index is 2.31. The number of amides is 1. The summed E-state index contributed by atoms with van der Waals surface area (Å²) in [6.45, 7) is 2.12. The minimum Gasteiger partial charge on any atom is -0.366 e. The number of hydrogen-bond acceptors (Lipinski definition) is 1. The van der Waals surface area contributed by atoms with E-state index in [2.05, 4.69) is 19.1 Å². The molecule has 2 N–H and O–H groups in total. The molecule has 1 amide bonds. The Morgan fingerprint density at radius 2 is 1.94 bits per heavy atom. The molecule has 0 spiro atoms. The molecule has 0 unspecified atom stereocenters. The van der Waals surface area contributed by atoms with Crippen LogP contribution in [0.3, 0.4) is 0 Å². The van der Waals surface area contributed by atoms with E-state index in [1.165, 1.54) is 5.56 Å². The van der Waals surface area contributed by atoms with Crippen LogP contribution in [0.4, 0.5) is 0 Å². The second-order valence-electron chi connectivity index (χ2n) is 3.69. The average molecular weight is 214 g/mol. The van der Waals surface area contributed by atoms with Gasteiger partial charge in [-0.15, -0.1) is 0 Å². The first kappa shape index (κ1) is 10.5. The molecule has 1 heterocycles. The zero-order valence-corrected chi connectivity index (χ0v) is 9.18. The van der Waals surface area contributed by atoms with Crippen LogP contribution in [0.25, 0.3) is 5.69 Å². The van der Waals surface area contributed by atoms with Gasteiger partial charge in [-0.2, -0.15) is 0 Å². The van der Waals surface area contributed by atoms with Crippen LogP contribution in [-0.4, -0.2) is 10.5 Å². The highest BCUT2D eigenvalue weighted by atomic mass is 16.1. The van der Waals surface area contributed by atoms with Gasteiger partial charge in [-0.1, -0.05) is 19.1 Å². The van der Waals surface area contributed by atoms with Crippen LogP contribution in [0.1, 0.15) is 22.8 Å². The molecule has 3 heteroatoms. The molecule has 0 aliphatic heterocycles. The van der Waals surface area contributed by atoms with E-state index < -0.39 is 5.91 Å². The van der Waals surface area contributed by atoms with Crippen molar-refractivity contribution >= 4 is 5.91 Å². The van der Waals surface area contributed by atoms with Crippen molar-refractivity contribution in [1.29, 1.82) is 0 Å². The minimum atomic E-state index is -0.399. The number of nitrogens with two attached hydrogens (primary N) is 1. The summed E-state index contributed by atoms with van der Waals surface area (Å²) >= 11 is 0. The molecule has 0 fully saturated rings. The number of carbonyl (C=O) groups is 1. The maximum absolute atomic E-state index is 11.0. The van der Waals surface area contributed by atoms with E-state index in [9.17, 15) is 4.79 Å². The second kappa shape index (κ2) is 4.23. The van der Waals surface area contributed by atoms with Crippen LogP contribution < -0.4 is 5.73 Å². The number of benzene rings is 1. The third kappa shape index (κ3) is 1.98. The highest BCUT2D eigenvalue weighted by Gasteiger charge is 2.03. The first-order valence-electron chi connectivity index (χ1n) is 5.28. The predicted molar refractivity (Wildman–Crippen MR) is 63.7 cm³/mol. The molecule has 1 aromatic heterocycles. The maximum Gasteiger partial charge on any atom is 0.250 e. The van der Waals surface area contributed by atoms with E-state index >= 15 is 0 Å². The van der Waals surface area contributed by atoms with E-state index in [1.807, 2.05) is 22.9 Å². The third-order valence-electron chi connectivity index (χ3n) is 2.62. The Morgan fingerprint density at radius 3 is 2.44 bits per heavy atom. The summed E-state index contributed by atoms with van der Waals surface area (Å²) in [5.74, 6) is -0.399.